The van der Waals surface area contributed by atoms with E-state index in [1.165, 1.54) is 18.2 Å². The molecule has 138 valence electrons. The third-order valence-corrected chi connectivity index (χ3v) is 5.17. The van der Waals surface area contributed by atoms with Crippen molar-refractivity contribution >= 4 is 24.2 Å². The molecule has 0 aromatic heterocycles. The Labute approximate surface area is 157 Å². The summed E-state index contributed by atoms with van der Waals surface area (Å²) in [6, 6.07) is 8.80. The van der Waals surface area contributed by atoms with Crippen molar-refractivity contribution in [1.29, 1.82) is 0 Å². The minimum Gasteiger partial charge on any atom is -0.489 e. The van der Waals surface area contributed by atoms with Crippen LogP contribution in [0.15, 0.2) is 36.4 Å². The predicted octanol–water partition coefficient (Wildman–Crippen LogP) is 4.50. The quantitative estimate of drug-likeness (QED) is 0.731. The highest BCUT2D eigenvalue weighted by molar-refractivity contribution is 6.62. The van der Waals surface area contributed by atoms with Crippen LogP contribution in [0.5, 0.6) is 5.75 Å². The van der Waals surface area contributed by atoms with Crippen LogP contribution in [0.2, 0.25) is 5.02 Å². The maximum absolute atomic E-state index is 14.3. The second kappa shape index (κ2) is 6.84. The van der Waals surface area contributed by atoms with Gasteiger partial charge >= 0.3 is 7.12 Å². The van der Waals surface area contributed by atoms with E-state index in [9.17, 15) is 8.78 Å². The van der Waals surface area contributed by atoms with Crippen LogP contribution < -0.4 is 10.2 Å². The van der Waals surface area contributed by atoms with E-state index in [2.05, 4.69) is 0 Å². The first-order valence-electron chi connectivity index (χ1n) is 8.31. The Kier molecular flexibility index (Phi) is 5.03. The first-order chi connectivity index (χ1) is 12.1. The highest BCUT2D eigenvalue weighted by atomic mass is 35.5. The van der Waals surface area contributed by atoms with Gasteiger partial charge in [0.2, 0.25) is 0 Å². The van der Waals surface area contributed by atoms with Gasteiger partial charge in [0.15, 0.2) is 0 Å². The van der Waals surface area contributed by atoms with Gasteiger partial charge in [-0.15, -0.1) is 0 Å². The molecule has 1 aliphatic rings. The summed E-state index contributed by atoms with van der Waals surface area (Å²) >= 11 is 5.65. The molecule has 2 aromatic carbocycles. The van der Waals surface area contributed by atoms with Gasteiger partial charge in [-0.05, 0) is 51.5 Å². The van der Waals surface area contributed by atoms with Crippen molar-refractivity contribution in [1.82, 2.24) is 0 Å². The number of ether oxygens (including phenoxy) is 1. The van der Waals surface area contributed by atoms with Crippen molar-refractivity contribution in [2.75, 3.05) is 0 Å². The Bertz CT molecular complexity index is 810. The van der Waals surface area contributed by atoms with E-state index >= 15 is 0 Å². The highest BCUT2D eigenvalue weighted by Gasteiger charge is 2.52. The molecule has 0 bridgehead atoms. The molecule has 26 heavy (non-hydrogen) atoms. The second-order valence-corrected chi connectivity index (χ2v) is 7.72. The molecule has 7 heteroatoms. The summed E-state index contributed by atoms with van der Waals surface area (Å²) in [6.45, 7) is 7.79. The van der Waals surface area contributed by atoms with Gasteiger partial charge in [-0.3, -0.25) is 0 Å². The van der Waals surface area contributed by atoms with Gasteiger partial charge in [-0.25, -0.2) is 8.78 Å². The van der Waals surface area contributed by atoms with Gasteiger partial charge in [0.05, 0.1) is 16.2 Å². The highest BCUT2D eigenvalue weighted by Crippen LogP contribution is 2.36. The minimum atomic E-state index is -0.798. The summed E-state index contributed by atoms with van der Waals surface area (Å²) in [4.78, 5) is 0. The Morgan fingerprint density at radius 1 is 0.962 bits per heavy atom. The van der Waals surface area contributed by atoms with E-state index in [-0.39, 0.29) is 11.6 Å². The Hall–Kier alpha value is -1.63. The first-order valence-corrected chi connectivity index (χ1v) is 8.69. The van der Waals surface area contributed by atoms with Crippen LogP contribution in [0.4, 0.5) is 8.78 Å². The van der Waals surface area contributed by atoms with E-state index in [0.717, 1.165) is 0 Å². The normalized spacial score (nSPS) is 18.2. The van der Waals surface area contributed by atoms with Gasteiger partial charge in [0, 0.05) is 11.5 Å². The third kappa shape index (κ3) is 3.73. The van der Waals surface area contributed by atoms with Crippen LogP contribution in [0.3, 0.4) is 0 Å². The first kappa shape index (κ1) is 19.1. The molecule has 0 amide bonds. The molecule has 1 saturated heterocycles. The molecule has 3 nitrogen and oxygen atoms in total. The number of halogens is 3. The monoisotopic (exact) mass is 380 g/mol. The topological polar surface area (TPSA) is 27.7 Å². The summed E-state index contributed by atoms with van der Waals surface area (Å²) < 4.78 is 45.2. The maximum Gasteiger partial charge on any atom is 0.497 e. The molecule has 2 aromatic rings. The lowest BCUT2D eigenvalue weighted by Crippen LogP contribution is -2.41. The van der Waals surface area contributed by atoms with Crippen LogP contribution >= 0.6 is 11.6 Å². The fourth-order valence-electron chi connectivity index (χ4n) is 2.57. The standard InChI is InChI=1S/C19H20BClF2O3/c1-18(2)19(3,4)26-20(25-18)14-9-12(5-8-16(14)22)11-24-13-6-7-15(21)17(23)10-13/h5-10H,11H2,1-4H3. The van der Waals surface area contributed by atoms with Crippen molar-refractivity contribution in [3.63, 3.8) is 0 Å². The number of rotatable bonds is 4. The van der Waals surface area contributed by atoms with Crippen LogP contribution in [0.1, 0.15) is 33.3 Å². The van der Waals surface area contributed by atoms with E-state index in [0.29, 0.717) is 16.8 Å². The van der Waals surface area contributed by atoms with Crippen LogP contribution in [0.25, 0.3) is 0 Å². The third-order valence-electron chi connectivity index (χ3n) is 4.86. The van der Waals surface area contributed by atoms with Gasteiger partial charge in [-0.1, -0.05) is 23.7 Å². The molecule has 0 radical (unpaired) electrons. The van der Waals surface area contributed by atoms with Crippen LogP contribution in [0, 0.1) is 11.6 Å². The molecule has 0 atom stereocenters. The summed E-state index contributed by atoms with van der Waals surface area (Å²) in [5.41, 5.74) is -0.0898. The van der Waals surface area contributed by atoms with Crippen molar-refractivity contribution in [2.45, 2.75) is 45.5 Å². The Balaban J connectivity index is 1.77. The van der Waals surface area contributed by atoms with E-state index < -0.39 is 30.0 Å². The molecule has 0 saturated carbocycles. The molecule has 1 heterocycles. The second-order valence-electron chi connectivity index (χ2n) is 7.31. The van der Waals surface area contributed by atoms with Crippen molar-refractivity contribution < 1.29 is 22.8 Å². The van der Waals surface area contributed by atoms with Crippen LogP contribution in [-0.2, 0) is 15.9 Å². The van der Waals surface area contributed by atoms with Crippen LogP contribution in [-0.4, -0.2) is 18.3 Å². The minimum absolute atomic E-state index is 0.0298. The molecule has 3 rings (SSSR count). The average molecular weight is 381 g/mol. The molecule has 1 fully saturated rings. The summed E-state index contributed by atoms with van der Waals surface area (Å²) in [5, 5.41) is 0.0298. The number of benzene rings is 2. The lowest BCUT2D eigenvalue weighted by Gasteiger charge is -2.32. The summed E-state index contributed by atoms with van der Waals surface area (Å²) in [6.07, 6.45) is 0. The smallest absolute Gasteiger partial charge is 0.489 e. The summed E-state index contributed by atoms with van der Waals surface area (Å²) in [7, 11) is -0.798. The molecule has 0 spiro atoms. The van der Waals surface area contributed by atoms with Gasteiger partial charge in [-0.2, -0.15) is 0 Å². The maximum atomic E-state index is 14.3. The lowest BCUT2D eigenvalue weighted by atomic mass is 9.78. The molecular weight excluding hydrogens is 360 g/mol. The summed E-state index contributed by atoms with van der Waals surface area (Å²) in [5.74, 6) is -0.626. The number of hydrogen-bond donors (Lipinski definition) is 0. The Morgan fingerprint density at radius 3 is 2.23 bits per heavy atom. The lowest BCUT2D eigenvalue weighted by molar-refractivity contribution is 0.00578. The predicted molar refractivity (Wildman–Crippen MR) is 97.9 cm³/mol. The van der Waals surface area contributed by atoms with E-state index in [4.69, 9.17) is 25.6 Å². The Morgan fingerprint density at radius 2 is 1.62 bits per heavy atom. The van der Waals surface area contributed by atoms with Gasteiger partial charge in [0.1, 0.15) is 24.0 Å². The van der Waals surface area contributed by atoms with E-state index in [1.807, 2.05) is 27.7 Å². The van der Waals surface area contributed by atoms with Gasteiger partial charge < -0.3 is 14.0 Å². The number of hydrogen-bond acceptors (Lipinski definition) is 3. The fourth-order valence-corrected chi connectivity index (χ4v) is 2.68. The molecule has 0 unspecified atom stereocenters. The van der Waals surface area contributed by atoms with Crippen molar-refractivity contribution in [3.05, 3.63) is 58.6 Å². The van der Waals surface area contributed by atoms with Gasteiger partial charge in [0.25, 0.3) is 0 Å². The fraction of sp³-hybridized carbons (Fsp3) is 0.368. The average Bonchev–Trinajstić information content (AvgIpc) is 2.77. The van der Waals surface area contributed by atoms with Crippen molar-refractivity contribution in [2.24, 2.45) is 0 Å². The zero-order chi connectivity index (χ0) is 19.1. The molecule has 0 N–H and O–H groups in total. The zero-order valence-corrected chi connectivity index (χ0v) is 15.9. The molecule has 0 aliphatic carbocycles. The zero-order valence-electron chi connectivity index (χ0n) is 15.1. The van der Waals surface area contributed by atoms with E-state index in [1.54, 1.807) is 18.2 Å². The largest absolute Gasteiger partial charge is 0.497 e. The van der Waals surface area contributed by atoms with Crippen molar-refractivity contribution in [3.8, 4) is 5.75 Å². The SMILES string of the molecule is CC1(C)OB(c2cc(COc3ccc(Cl)c(F)c3)ccc2F)OC1(C)C. The molecular formula is C19H20BClF2O3. The molecule has 1 aliphatic heterocycles.